The molecule has 1 aromatic carbocycles. The number of esters is 2. The highest BCUT2D eigenvalue weighted by molar-refractivity contribution is 7.10. The number of aryl methyl sites for hydroxylation is 1. The fourth-order valence-corrected chi connectivity index (χ4v) is 7.01. The first-order chi connectivity index (χ1) is 19.2. The quantitative estimate of drug-likeness (QED) is 0.319. The van der Waals surface area contributed by atoms with Crippen LogP contribution in [0.2, 0.25) is 0 Å². The lowest BCUT2D eigenvalue weighted by Crippen LogP contribution is -2.39. The molecule has 0 spiro atoms. The molecule has 8 nitrogen and oxygen atoms in total. The number of carbonyl (C=O) groups is 2. The highest BCUT2D eigenvalue weighted by Crippen LogP contribution is 2.33. The van der Waals surface area contributed by atoms with Gasteiger partial charge >= 0.3 is 11.9 Å². The number of carbonyl (C=O) groups excluding carboxylic acids is 2. The number of fused-ring (bicyclic) bond motifs is 1. The predicted molar refractivity (Wildman–Crippen MR) is 156 cm³/mol. The first kappa shape index (κ1) is 27.5. The van der Waals surface area contributed by atoms with E-state index in [1.165, 1.54) is 29.8 Å². The largest absolute Gasteiger partial charge is 0.465 e. The molecule has 0 unspecified atom stereocenters. The number of aromatic nitrogens is 2. The second kappa shape index (κ2) is 10.9. The molecular weight excluding hydrogens is 546 g/mol. The molecule has 5 rings (SSSR count). The lowest BCUT2D eigenvalue weighted by atomic mass is 10.0. The van der Waals surface area contributed by atoms with Crippen LogP contribution < -0.4 is 14.9 Å². The summed E-state index contributed by atoms with van der Waals surface area (Å²) < 4.78 is 14.5. The monoisotopic (exact) mass is 575 g/mol. The van der Waals surface area contributed by atoms with Crippen molar-refractivity contribution in [2.75, 3.05) is 13.7 Å². The summed E-state index contributed by atoms with van der Waals surface area (Å²) in [5.74, 6) is -0.856. The van der Waals surface area contributed by atoms with E-state index < -0.39 is 12.0 Å². The summed E-state index contributed by atoms with van der Waals surface area (Å²) in [5, 5.41) is 1.93. The van der Waals surface area contributed by atoms with E-state index in [1.54, 1.807) is 24.5 Å². The number of methoxy groups -OCH3 is 1. The molecule has 0 fully saturated rings. The van der Waals surface area contributed by atoms with Gasteiger partial charge < -0.3 is 14.0 Å². The van der Waals surface area contributed by atoms with E-state index in [4.69, 9.17) is 9.47 Å². The zero-order valence-corrected chi connectivity index (χ0v) is 24.7. The number of thiazole rings is 1. The minimum atomic E-state index is -0.603. The van der Waals surface area contributed by atoms with Crippen molar-refractivity contribution in [1.29, 1.82) is 0 Å². The fourth-order valence-electron chi connectivity index (χ4n) is 5.15. The fraction of sp³-hybridized carbons (Fsp3) is 0.267. The van der Waals surface area contributed by atoms with Crippen LogP contribution in [-0.2, 0) is 14.3 Å². The van der Waals surface area contributed by atoms with Crippen LogP contribution in [0.4, 0.5) is 0 Å². The zero-order chi connectivity index (χ0) is 28.7. The summed E-state index contributed by atoms with van der Waals surface area (Å²) in [7, 11) is 1.37. The molecule has 0 radical (unpaired) electrons. The van der Waals surface area contributed by atoms with Crippen molar-refractivity contribution in [3.05, 3.63) is 106 Å². The molecule has 10 heteroatoms. The normalized spacial score (nSPS) is 15.2. The minimum absolute atomic E-state index is 0.217. The van der Waals surface area contributed by atoms with Crippen molar-refractivity contribution in [1.82, 2.24) is 9.13 Å². The van der Waals surface area contributed by atoms with Gasteiger partial charge in [0.2, 0.25) is 0 Å². The van der Waals surface area contributed by atoms with Gasteiger partial charge in [0, 0.05) is 22.0 Å². The van der Waals surface area contributed by atoms with Crippen LogP contribution in [0.25, 0.3) is 11.8 Å². The van der Waals surface area contributed by atoms with Crippen LogP contribution in [0.3, 0.4) is 0 Å². The lowest BCUT2D eigenvalue weighted by Gasteiger charge is -2.23. The molecule has 1 aliphatic rings. The van der Waals surface area contributed by atoms with Gasteiger partial charge in [-0.1, -0.05) is 23.5 Å². The summed E-state index contributed by atoms with van der Waals surface area (Å²) in [6.45, 7) is 9.63. The van der Waals surface area contributed by atoms with Crippen LogP contribution >= 0.6 is 22.7 Å². The molecule has 0 amide bonds. The van der Waals surface area contributed by atoms with E-state index in [0.717, 1.165) is 33.1 Å². The lowest BCUT2D eigenvalue weighted by molar-refractivity contribution is -0.139. The van der Waals surface area contributed by atoms with Gasteiger partial charge in [-0.25, -0.2) is 14.6 Å². The maximum absolute atomic E-state index is 13.9. The molecule has 0 aliphatic carbocycles. The zero-order valence-electron chi connectivity index (χ0n) is 23.1. The highest BCUT2D eigenvalue weighted by Gasteiger charge is 2.34. The molecule has 1 atom stereocenters. The second-order valence-electron chi connectivity index (χ2n) is 9.42. The second-order valence-corrected chi connectivity index (χ2v) is 11.4. The van der Waals surface area contributed by atoms with Gasteiger partial charge in [0.1, 0.15) is 6.04 Å². The highest BCUT2D eigenvalue weighted by atomic mass is 32.1. The van der Waals surface area contributed by atoms with Crippen molar-refractivity contribution in [3.63, 3.8) is 0 Å². The van der Waals surface area contributed by atoms with Crippen molar-refractivity contribution < 1.29 is 19.1 Å². The molecule has 206 valence electrons. The van der Waals surface area contributed by atoms with E-state index in [9.17, 15) is 14.4 Å². The maximum Gasteiger partial charge on any atom is 0.338 e. The Balaban J connectivity index is 1.67. The van der Waals surface area contributed by atoms with Gasteiger partial charge in [-0.15, -0.1) is 11.3 Å². The molecular formula is C30H29N3O5S2. The Morgan fingerprint density at radius 3 is 2.55 bits per heavy atom. The average molecular weight is 576 g/mol. The number of ether oxygens (including phenoxy) is 2. The van der Waals surface area contributed by atoms with Gasteiger partial charge in [0.25, 0.3) is 5.56 Å². The van der Waals surface area contributed by atoms with Crippen LogP contribution in [-0.4, -0.2) is 34.8 Å². The summed E-state index contributed by atoms with van der Waals surface area (Å²) >= 11 is 2.78. The molecule has 40 heavy (non-hydrogen) atoms. The van der Waals surface area contributed by atoms with Gasteiger partial charge in [0.05, 0.1) is 35.1 Å². The third-order valence-corrected chi connectivity index (χ3v) is 8.95. The van der Waals surface area contributed by atoms with E-state index in [-0.39, 0.29) is 18.1 Å². The smallest absolute Gasteiger partial charge is 0.338 e. The first-order valence-corrected chi connectivity index (χ1v) is 14.5. The number of nitrogens with zero attached hydrogens (tertiary/aromatic N) is 3. The molecule has 4 heterocycles. The van der Waals surface area contributed by atoms with Gasteiger partial charge in [-0.05, 0) is 81.5 Å². The Labute approximate surface area is 239 Å². The van der Waals surface area contributed by atoms with E-state index >= 15 is 0 Å². The summed E-state index contributed by atoms with van der Waals surface area (Å²) in [6.07, 6.45) is 1.87. The summed E-state index contributed by atoms with van der Waals surface area (Å²) in [6, 6.07) is 10.8. The third kappa shape index (κ3) is 4.56. The summed E-state index contributed by atoms with van der Waals surface area (Å²) in [4.78, 5) is 45.2. The van der Waals surface area contributed by atoms with Crippen molar-refractivity contribution in [2.24, 2.45) is 4.99 Å². The first-order valence-electron chi connectivity index (χ1n) is 12.8. The molecule has 0 saturated carbocycles. The SMILES string of the molecule is CCOC(=O)C1=C(C)N=c2sc(=Cc3cc(C)n(-c4cccc(C(=O)OC)c4C)c3C)c(=O)n2[C@@H]1c1cccs1. The van der Waals surface area contributed by atoms with Crippen LogP contribution in [0.5, 0.6) is 0 Å². The Kier molecular flexibility index (Phi) is 7.48. The van der Waals surface area contributed by atoms with Crippen molar-refractivity contribution >= 4 is 40.7 Å². The minimum Gasteiger partial charge on any atom is -0.465 e. The van der Waals surface area contributed by atoms with E-state index in [2.05, 4.69) is 9.56 Å². The third-order valence-electron chi connectivity index (χ3n) is 7.04. The maximum atomic E-state index is 13.9. The Morgan fingerprint density at radius 1 is 1.10 bits per heavy atom. The topological polar surface area (TPSA) is 91.9 Å². The van der Waals surface area contributed by atoms with Crippen molar-refractivity contribution in [2.45, 2.75) is 40.7 Å². The molecule has 0 saturated heterocycles. The van der Waals surface area contributed by atoms with Crippen molar-refractivity contribution in [3.8, 4) is 5.69 Å². The van der Waals surface area contributed by atoms with Gasteiger partial charge in [-0.3, -0.25) is 9.36 Å². The summed E-state index contributed by atoms with van der Waals surface area (Å²) in [5.41, 5.74) is 5.64. The number of benzene rings is 1. The molecule has 0 N–H and O–H groups in total. The number of thiophene rings is 1. The predicted octanol–water partition coefficient (Wildman–Crippen LogP) is 4.36. The molecule has 0 bridgehead atoms. The number of hydrogen-bond donors (Lipinski definition) is 0. The molecule has 4 aromatic rings. The number of hydrogen-bond acceptors (Lipinski definition) is 8. The van der Waals surface area contributed by atoms with E-state index in [1.807, 2.05) is 62.6 Å². The van der Waals surface area contributed by atoms with Gasteiger partial charge in [0.15, 0.2) is 4.80 Å². The Hall–Kier alpha value is -4.02. The standard InChI is InChI=1S/C30H29N3O5S2/c1-7-38-29(36)25-18(4)31-30-33(26(25)23-12-9-13-39-23)27(34)24(40-30)15-20-14-16(2)32(19(20)5)22-11-8-10-21(17(22)3)28(35)37-6/h8-15,26H,7H2,1-6H3/t26-/m1/s1. The molecule has 1 aliphatic heterocycles. The van der Waals surface area contributed by atoms with Crippen LogP contribution in [0.15, 0.2) is 62.8 Å². The van der Waals surface area contributed by atoms with Crippen LogP contribution in [0, 0.1) is 20.8 Å². The number of allylic oxidation sites excluding steroid dienone is 1. The molecule has 3 aromatic heterocycles. The number of rotatable bonds is 6. The Bertz CT molecular complexity index is 1860. The Morgan fingerprint density at radius 2 is 1.88 bits per heavy atom. The average Bonchev–Trinajstić information content (AvgIpc) is 3.63. The van der Waals surface area contributed by atoms with Crippen LogP contribution in [0.1, 0.15) is 57.6 Å². The van der Waals surface area contributed by atoms with E-state index in [0.29, 0.717) is 26.2 Å². The van der Waals surface area contributed by atoms with Gasteiger partial charge in [-0.2, -0.15) is 0 Å².